The van der Waals surface area contributed by atoms with Gasteiger partial charge in [-0.2, -0.15) is 0 Å². The van der Waals surface area contributed by atoms with Gasteiger partial charge in [0, 0.05) is 18.2 Å². The zero-order chi connectivity index (χ0) is 10.6. The Kier molecular flexibility index (Phi) is 3.69. The number of carbonyl (C=O) groups is 1. The SMILES string of the molecule is CC(=O)C(C)CNc1ccc(C)cc1. The fraction of sp³-hybridized carbons (Fsp3) is 0.417. The van der Waals surface area contributed by atoms with Gasteiger partial charge in [-0.25, -0.2) is 0 Å². The molecule has 0 aliphatic rings. The zero-order valence-electron chi connectivity index (χ0n) is 9.00. The van der Waals surface area contributed by atoms with E-state index < -0.39 is 0 Å². The highest BCUT2D eigenvalue weighted by molar-refractivity contribution is 5.78. The topological polar surface area (TPSA) is 29.1 Å². The molecule has 2 heteroatoms. The predicted octanol–water partition coefficient (Wildman–Crippen LogP) is 2.63. The molecule has 0 fully saturated rings. The van der Waals surface area contributed by atoms with Crippen LogP contribution in [-0.2, 0) is 4.79 Å². The number of aryl methyl sites for hydroxylation is 1. The molecule has 0 radical (unpaired) electrons. The average molecular weight is 191 g/mol. The van der Waals surface area contributed by atoms with E-state index in [0.717, 1.165) is 5.69 Å². The summed E-state index contributed by atoms with van der Waals surface area (Å²) >= 11 is 0. The quantitative estimate of drug-likeness (QED) is 0.792. The summed E-state index contributed by atoms with van der Waals surface area (Å²) in [5.41, 5.74) is 2.32. The molecule has 14 heavy (non-hydrogen) atoms. The molecular formula is C12H17NO. The Morgan fingerprint density at radius 3 is 2.43 bits per heavy atom. The van der Waals surface area contributed by atoms with E-state index in [0.29, 0.717) is 6.54 Å². The summed E-state index contributed by atoms with van der Waals surface area (Å²) in [7, 11) is 0. The van der Waals surface area contributed by atoms with Crippen molar-refractivity contribution in [1.82, 2.24) is 0 Å². The molecule has 1 N–H and O–H groups in total. The third kappa shape index (κ3) is 3.21. The van der Waals surface area contributed by atoms with Crippen LogP contribution in [0.2, 0.25) is 0 Å². The zero-order valence-corrected chi connectivity index (χ0v) is 9.00. The lowest BCUT2D eigenvalue weighted by Gasteiger charge is -2.10. The standard InChI is InChI=1S/C12H17NO/c1-9-4-6-12(7-5-9)13-8-10(2)11(3)14/h4-7,10,13H,8H2,1-3H3. The molecule has 0 aliphatic heterocycles. The number of carbonyl (C=O) groups excluding carboxylic acids is 1. The number of hydrogen-bond acceptors (Lipinski definition) is 2. The summed E-state index contributed by atoms with van der Waals surface area (Å²) < 4.78 is 0. The Labute approximate surface area is 85.3 Å². The lowest BCUT2D eigenvalue weighted by Crippen LogP contribution is -2.17. The molecule has 76 valence electrons. The summed E-state index contributed by atoms with van der Waals surface area (Å²) in [6.07, 6.45) is 0. The number of benzene rings is 1. The second-order valence-electron chi connectivity index (χ2n) is 3.76. The van der Waals surface area contributed by atoms with E-state index in [1.54, 1.807) is 6.92 Å². The molecule has 0 saturated carbocycles. The number of rotatable bonds is 4. The fourth-order valence-electron chi connectivity index (χ4n) is 1.09. The first-order valence-electron chi connectivity index (χ1n) is 4.90. The maximum Gasteiger partial charge on any atom is 0.134 e. The molecule has 0 saturated heterocycles. The summed E-state index contributed by atoms with van der Waals surface area (Å²) in [5, 5.41) is 3.23. The van der Waals surface area contributed by atoms with Crippen molar-refractivity contribution in [1.29, 1.82) is 0 Å². The van der Waals surface area contributed by atoms with Crippen LogP contribution in [0, 0.1) is 12.8 Å². The van der Waals surface area contributed by atoms with E-state index in [1.165, 1.54) is 5.56 Å². The van der Waals surface area contributed by atoms with E-state index in [4.69, 9.17) is 0 Å². The van der Waals surface area contributed by atoms with Crippen molar-refractivity contribution < 1.29 is 4.79 Å². The first kappa shape index (κ1) is 10.8. The Morgan fingerprint density at radius 1 is 1.36 bits per heavy atom. The van der Waals surface area contributed by atoms with Gasteiger partial charge in [-0.05, 0) is 26.0 Å². The van der Waals surface area contributed by atoms with Gasteiger partial charge in [0.05, 0.1) is 0 Å². The Bertz CT molecular complexity index is 303. The summed E-state index contributed by atoms with van der Waals surface area (Å²) in [6, 6.07) is 8.17. The predicted molar refractivity (Wildman–Crippen MR) is 59.5 cm³/mol. The smallest absolute Gasteiger partial charge is 0.134 e. The Morgan fingerprint density at radius 2 is 1.93 bits per heavy atom. The highest BCUT2D eigenvalue weighted by Gasteiger charge is 2.06. The van der Waals surface area contributed by atoms with Crippen LogP contribution in [0.5, 0.6) is 0 Å². The number of Topliss-reactive ketones (excluding diaryl/α,β-unsaturated/α-hetero) is 1. The molecular weight excluding hydrogens is 174 g/mol. The highest BCUT2D eigenvalue weighted by atomic mass is 16.1. The molecule has 0 aliphatic carbocycles. The second-order valence-corrected chi connectivity index (χ2v) is 3.76. The van der Waals surface area contributed by atoms with Crippen molar-refractivity contribution in [2.45, 2.75) is 20.8 Å². The first-order valence-corrected chi connectivity index (χ1v) is 4.90. The van der Waals surface area contributed by atoms with Gasteiger partial charge in [0.15, 0.2) is 0 Å². The number of ketones is 1. The highest BCUT2D eigenvalue weighted by Crippen LogP contribution is 2.09. The lowest BCUT2D eigenvalue weighted by molar-refractivity contribution is -0.119. The van der Waals surface area contributed by atoms with Crippen molar-refractivity contribution in [2.24, 2.45) is 5.92 Å². The monoisotopic (exact) mass is 191 g/mol. The third-order valence-corrected chi connectivity index (χ3v) is 2.36. The van der Waals surface area contributed by atoms with E-state index in [9.17, 15) is 4.79 Å². The van der Waals surface area contributed by atoms with Gasteiger partial charge < -0.3 is 5.32 Å². The number of hydrogen-bond donors (Lipinski definition) is 1. The molecule has 1 rings (SSSR count). The first-order chi connectivity index (χ1) is 6.59. The summed E-state index contributed by atoms with van der Waals surface area (Å²) in [4.78, 5) is 11.0. The molecule has 1 aromatic carbocycles. The van der Waals surface area contributed by atoms with Crippen LogP contribution in [0.3, 0.4) is 0 Å². The van der Waals surface area contributed by atoms with Crippen molar-refractivity contribution in [3.05, 3.63) is 29.8 Å². The molecule has 0 heterocycles. The molecule has 0 aromatic heterocycles. The second kappa shape index (κ2) is 4.80. The molecule has 0 bridgehead atoms. The molecule has 1 unspecified atom stereocenters. The summed E-state index contributed by atoms with van der Waals surface area (Å²) in [6.45, 7) is 6.32. The minimum atomic E-state index is 0.0799. The maximum atomic E-state index is 11.0. The molecule has 0 spiro atoms. The Hall–Kier alpha value is -1.31. The van der Waals surface area contributed by atoms with E-state index >= 15 is 0 Å². The van der Waals surface area contributed by atoms with Crippen LogP contribution in [-0.4, -0.2) is 12.3 Å². The largest absolute Gasteiger partial charge is 0.384 e. The number of nitrogens with one attached hydrogen (secondary N) is 1. The minimum Gasteiger partial charge on any atom is -0.384 e. The van der Waals surface area contributed by atoms with Crippen molar-refractivity contribution >= 4 is 11.5 Å². The third-order valence-electron chi connectivity index (χ3n) is 2.36. The minimum absolute atomic E-state index is 0.0799. The van der Waals surface area contributed by atoms with Gasteiger partial charge in [-0.1, -0.05) is 24.6 Å². The van der Waals surface area contributed by atoms with Crippen molar-refractivity contribution in [3.63, 3.8) is 0 Å². The van der Waals surface area contributed by atoms with Gasteiger partial charge in [-0.3, -0.25) is 4.79 Å². The lowest BCUT2D eigenvalue weighted by atomic mass is 10.1. The van der Waals surface area contributed by atoms with Crippen LogP contribution in [0.1, 0.15) is 19.4 Å². The molecule has 1 aromatic rings. The Balaban J connectivity index is 2.46. The normalized spacial score (nSPS) is 12.2. The van der Waals surface area contributed by atoms with Gasteiger partial charge in [0.1, 0.15) is 5.78 Å². The molecule has 2 nitrogen and oxygen atoms in total. The van der Waals surface area contributed by atoms with E-state index in [1.807, 2.05) is 19.1 Å². The van der Waals surface area contributed by atoms with Crippen LogP contribution < -0.4 is 5.32 Å². The summed E-state index contributed by atoms with van der Waals surface area (Å²) in [5.74, 6) is 0.306. The number of anilines is 1. The van der Waals surface area contributed by atoms with Crippen LogP contribution in [0.25, 0.3) is 0 Å². The fourth-order valence-corrected chi connectivity index (χ4v) is 1.09. The molecule has 1 atom stereocenters. The van der Waals surface area contributed by atoms with Gasteiger partial charge in [-0.15, -0.1) is 0 Å². The van der Waals surface area contributed by atoms with Gasteiger partial charge in [0.25, 0.3) is 0 Å². The van der Waals surface area contributed by atoms with Crippen LogP contribution >= 0.6 is 0 Å². The van der Waals surface area contributed by atoms with Crippen LogP contribution in [0.4, 0.5) is 5.69 Å². The van der Waals surface area contributed by atoms with Gasteiger partial charge in [0.2, 0.25) is 0 Å². The average Bonchev–Trinajstić information content (AvgIpc) is 2.16. The van der Waals surface area contributed by atoms with E-state index in [-0.39, 0.29) is 11.7 Å². The van der Waals surface area contributed by atoms with Crippen LogP contribution in [0.15, 0.2) is 24.3 Å². The maximum absolute atomic E-state index is 11.0. The van der Waals surface area contributed by atoms with Gasteiger partial charge >= 0.3 is 0 Å². The van der Waals surface area contributed by atoms with E-state index in [2.05, 4.69) is 24.4 Å². The van der Waals surface area contributed by atoms with Crippen molar-refractivity contribution in [2.75, 3.05) is 11.9 Å². The molecule has 0 amide bonds. The van der Waals surface area contributed by atoms with Crippen molar-refractivity contribution in [3.8, 4) is 0 Å².